The molecule has 2 rings (SSSR count). The summed E-state index contributed by atoms with van der Waals surface area (Å²) in [4.78, 5) is 0. The maximum absolute atomic E-state index is 12.4. The molecule has 0 aliphatic heterocycles. The number of halogens is 3. The van der Waals surface area contributed by atoms with Crippen LogP contribution in [0.2, 0.25) is 0 Å². The predicted molar refractivity (Wildman–Crippen MR) is 77.7 cm³/mol. The summed E-state index contributed by atoms with van der Waals surface area (Å²) in [6.07, 6.45) is -4.30. The van der Waals surface area contributed by atoms with E-state index in [-0.39, 0.29) is 0 Å². The number of rotatable bonds is 6. The molecular formula is C15H14BF3NO. The van der Waals surface area contributed by atoms with Gasteiger partial charge in [0.25, 0.3) is 0 Å². The van der Waals surface area contributed by atoms with Crippen LogP contribution in [0.1, 0.15) is 5.56 Å². The Bertz CT molecular complexity index is 543. The lowest BCUT2D eigenvalue weighted by atomic mass is 9.88. The maximum Gasteiger partial charge on any atom is 0.416 e. The minimum absolute atomic E-state index is 0.427. The van der Waals surface area contributed by atoms with E-state index < -0.39 is 11.7 Å². The summed E-state index contributed by atoms with van der Waals surface area (Å²) >= 11 is 0. The van der Waals surface area contributed by atoms with Crippen LogP contribution in [0.5, 0.6) is 0 Å². The highest BCUT2D eigenvalue weighted by Gasteiger charge is 2.29. The van der Waals surface area contributed by atoms with Crippen molar-refractivity contribution < 1.29 is 17.8 Å². The van der Waals surface area contributed by atoms with E-state index in [0.717, 1.165) is 17.6 Å². The number of alkyl halides is 3. The van der Waals surface area contributed by atoms with Crippen LogP contribution >= 0.6 is 0 Å². The molecule has 0 saturated carbocycles. The van der Waals surface area contributed by atoms with E-state index in [1.165, 1.54) is 12.1 Å². The van der Waals surface area contributed by atoms with Gasteiger partial charge in [-0.3, -0.25) is 0 Å². The number of nitrogens with one attached hydrogen (secondary N) is 1. The van der Waals surface area contributed by atoms with Crippen LogP contribution in [0.15, 0.2) is 54.6 Å². The van der Waals surface area contributed by atoms with Gasteiger partial charge in [0, 0.05) is 18.8 Å². The van der Waals surface area contributed by atoms with E-state index in [4.69, 9.17) is 4.65 Å². The second-order valence-electron chi connectivity index (χ2n) is 4.40. The molecule has 2 aromatic rings. The van der Waals surface area contributed by atoms with Crippen molar-refractivity contribution >= 4 is 18.6 Å². The third kappa shape index (κ3) is 5.15. The number of hydrogen-bond acceptors (Lipinski definition) is 2. The molecule has 2 aromatic carbocycles. The minimum atomic E-state index is -4.30. The van der Waals surface area contributed by atoms with Crippen molar-refractivity contribution in [2.75, 3.05) is 18.5 Å². The fraction of sp³-hybridized carbons (Fsp3) is 0.200. The van der Waals surface area contributed by atoms with Crippen molar-refractivity contribution in [2.45, 2.75) is 6.18 Å². The molecule has 0 heterocycles. The van der Waals surface area contributed by atoms with Gasteiger partial charge in [-0.1, -0.05) is 35.8 Å². The normalized spacial score (nSPS) is 11.2. The average Bonchev–Trinajstić information content (AvgIpc) is 2.47. The SMILES string of the molecule is FC(F)(F)c1ccc(NCCO[B]c2ccccc2)cc1. The summed E-state index contributed by atoms with van der Waals surface area (Å²) < 4.78 is 42.5. The molecule has 1 N–H and O–H groups in total. The fourth-order valence-electron chi connectivity index (χ4n) is 1.72. The first kappa shape index (κ1) is 15.4. The van der Waals surface area contributed by atoms with Gasteiger partial charge < -0.3 is 9.97 Å². The molecule has 6 heteroatoms. The maximum atomic E-state index is 12.4. The molecule has 0 fully saturated rings. The quantitative estimate of drug-likeness (QED) is 0.652. The van der Waals surface area contributed by atoms with Gasteiger partial charge in [0.1, 0.15) is 0 Å². The third-order valence-electron chi connectivity index (χ3n) is 2.78. The van der Waals surface area contributed by atoms with Crippen LogP contribution in [0.4, 0.5) is 18.9 Å². The topological polar surface area (TPSA) is 21.3 Å². The van der Waals surface area contributed by atoms with Gasteiger partial charge in [0.2, 0.25) is 0 Å². The van der Waals surface area contributed by atoms with E-state index >= 15 is 0 Å². The van der Waals surface area contributed by atoms with Crippen molar-refractivity contribution in [3.8, 4) is 0 Å². The Morgan fingerprint density at radius 3 is 2.24 bits per heavy atom. The highest BCUT2D eigenvalue weighted by atomic mass is 19.4. The van der Waals surface area contributed by atoms with Crippen molar-refractivity contribution in [2.24, 2.45) is 0 Å². The monoisotopic (exact) mass is 292 g/mol. The molecule has 0 unspecified atom stereocenters. The second kappa shape index (κ2) is 7.17. The first-order valence-corrected chi connectivity index (χ1v) is 6.47. The van der Waals surface area contributed by atoms with Crippen molar-refractivity contribution in [1.29, 1.82) is 0 Å². The summed E-state index contributed by atoms with van der Waals surface area (Å²) in [7, 11) is 1.65. The van der Waals surface area contributed by atoms with E-state index in [0.29, 0.717) is 18.8 Å². The molecule has 0 amide bonds. The van der Waals surface area contributed by atoms with Crippen molar-refractivity contribution in [1.82, 2.24) is 0 Å². The van der Waals surface area contributed by atoms with Crippen molar-refractivity contribution in [3.05, 3.63) is 60.2 Å². The van der Waals surface area contributed by atoms with Gasteiger partial charge in [-0.2, -0.15) is 13.2 Å². The first-order chi connectivity index (χ1) is 10.1. The molecule has 109 valence electrons. The molecule has 0 atom stereocenters. The zero-order valence-corrected chi connectivity index (χ0v) is 11.2. The van der Waals surface area contributed by atoms with E-state index in [1.54, 1.807) is 7.48 Å². The first-order valence-electron chi connectivity index (χ1n) is 6.47. The van der Waals surface area contributed by atoms with E-state index in [1.807, 2.05) is 30.3 Å². The molecule has 0 bridgehead atoms. The summed E-state index contributed by atoms with van der Waals surface area (Å²) in [6.45, 7) is 0.935. The molecular weight excluding hydrogens is 278 g/mol. The average molecular weight is 292 g/mol. The highest BCUT2D eigenvalue weighted by Crippen LogP contribution is 2.29. The number of hydrogen-bond donors (Lipinski definition) is 1. The lowest BCUT2D eigenvalue weighted by Crippen LogP contribution is -2.20. The van der Waals surface area contributed by atoms with Crippen LogP contribution in [-0.2, 0) is 10.8 Å². The van der Waals surface area contributed by atoms with Gasteiger partial charge in [-0.15, -0.1) is 0 Å². The summed E-state index contributed by atoms with van der Waals surface area (Å²) in [5, 5.41) is 3.00. The lowest BCUT2D eigenvalue weighted by molar-refractivity contribution is -0.137. The molecule has 0 aliphatic carbocycles. The molecule has 1 radical (unpaired) electrons. The van der Waals surface area contributed by atoms with Crippen LogP contribution < -0.4 is 10.8 Å². The molecule has 0 spiro atoms. The Morgan fingerprint density at radius 2 is 1.62 bits per heavy atom. The predicted octanol–water partition coefficient (Wildman–Crippen LogP) is 3.08. The highest BCUT2D eigenvalue weighted by molar-refractivity contribution is 6.46. The Balaban J connectivity index is 1.69. The van der Waals surface area contributed by atoms with Crippen molar-refractivity contribution in [3.63, 3.8) is 0 Å². The summed E-state index contributed by atoms with van der Waals surface area (Å²) in [6, 6.07) is 14.5. The molecule has 0 saturated heterocycles. The third-order valence-corrected chi connectivity index (χ3v) is 2.78. The Labute approximate surface area is 122 Å². The zero-order chi connectivity index (χ0) is 15.1. The second-order valence-corrected chi connectivity index (χ2v) is 4.40. The molecule has 0 aromatic heterocycles. The zero-order valence-electron chi connectivity index (χ0n) is 11.2. The summed E-state index contributed by atoms with van der Waals surface area (Å²) in [5.41, 5.74) is 0.944. The minimum Gasteiger partial charge on any atom is -0.432 e. The smallest absolute Gasteiger partial charge is 0.416 e. The molecule has 0 aliphatic rings. The largest absolute Gasteiger partial charge is 0.432 e. The summed E-state index contributed by atoms with van der Waals surface area (Å²) in [5.74, 6) is 0. The van der Waals surface area contributed by atoms with Crippen LogP contribution in [0.25, 0.3) is 0 Å². The Morgan fingerprint density at radius 1 is 0.952 bits per heavy atom. The van der Waals surface area contributed by atoms with Crippen LogP contribution in [0, 0.1) is 0 Å². The Kier molecular flexibility index (Phi) is 5.28. The standard InChI is InChI=1S/C15H14BF3NO/c17-15(18,19)12-6-8-14(9-7-12)20-10-11-21-16-13-4-2-1-3-5-13/h1-9,20H,10-11H2. The van der Waals surface area contributed by atoms with Gasteiger partial charge in [0.05, 0.1) is 5.56 Å². The van der Waals surface area contributed by atoms with E-state index in [9.17, 15) is 13.2 Å². The van der Waals surface area contributed by atoms with Crippen LogP contribution in [-0.4, -0.2) is 20.6 Å². The molecule has 21 heavy (non-hydrogen) atoms. The lowest BCUT2D eigenvalue weighted by Gasteiger charge is -2.09. The van der Waals surface area contributed by atoms with Gasteiger partial charge >= 0.3 is 13.7 Å². The van der Waals surface area contributed by atoms with Gasteiger partial charge in [-0.25, -0.2) is 0 Å². The number of benzene rings is 2. The number of anilines is 1. The van der Waals surface area contributed by atoms with Crippen LogP contribution in [0.3, 0.4) is 0 Å². The fourth-order valence-corrected chi connectivity index (χ4v) is 1.72. The van der Waals surface area contributed by atoms with E-state index in [2.05, 4.69) is 5.32 Å². The van der Waals surface area contributed by atoms with Gasteiger partial charge in [-0.05, 0) is 24.3 Å². The van der Waals surface area contributed by atoms with Gasteiger partial charge in [0.15, 0.2) is 0 Å². The molecule has 2 nitrogen and oxygen atoms in total. The Hall–Kier alpha value is -1.95.